The molecule has 2 aromatic carbocycles. The molecule has 150 valence electrons. The number of nitrogens with zero attached hydrogens (tertiary/aromatic N) is 2. The SMILES string of the molecule is CC1CCN(C(=O)c2ccc(S(=O)(=O)N(C)C(C)C)cc2)c2ccccc2S1. The molecular formula is C21H26N2O3S2. The number of hydrogen-bond acceptors (Lipinski definition) is 4. The van der Waals surface area contributed by atoms with Crippen molar-refractivity contribution in [1.29, 1.82) is 0 Å². The summed E-state index contributed by atoms with van der Waals surface area (Å²) >= 11 is 1.78. The van der Waals surface area contributed by atoms with Crippen LogP contribution in [0.1, 0.15) is 37.6 Å². The lowest BCUT2D eigenvalue weighted by molar-refractivity contribution is 0.0986. The van der Waals surface area contributed by atoms with E-state index in [1.54, 1.807) is 35.8 Å². The van der Waals surface area contributed by atoms with Gasteiger partial charge in [0, 0.05) is 35.3 Å². The fourth-order valence-electron chi connectivity index (χ4n) is 3.07. The smallest absolute Gasteiger partial charge is 0.258 e. The van der Waals surface area contributed by atoms with Gasteiger partial charge in [0.25, 0.3) is 5.91 Å². The molecule has 1 unspecified atom stereocenters. The zero-order valence-corrected chi connectivity index (χ0v) is 18.3. The number of para-hydroxylation sites is 1. The van der Waals surface area contributed by atoms with E-state index >= 15 is 0 Å². The minimum Gasteiger partial charge on any atom is -0.307 e. The summed E-state index contributed by atoms with van der Waals surface area (Å²) in [6.07, 6.45) is 0.900. The molecule has 28 heavy (non-hydrogen) atoms. The summed E-state index contributed by atoms with van der Waals surface area (Å²) in [4.78, 5) is 16.3. The third-order valence-electron chi connectivity index (χ3n) is 4.99. The van der Waals surface area contributed by atoms with Crippen molar-refractivity contribution in [2.24, 2.45) is 0 Å². The minimum absolute atomic E-state index is 0.108. The van der Waals surface area contributed by atoms with Gasteiger partial charge in [0.05, 0.1) is 10.6 Å². The van der Waals surface area contributed by atoms with Gasteiger partial charge in [0.1, 0.15) is 0 Å². The summed E-state index contributed by atoms with van der Waals surface area (Å²) in [5.74, 6) is -0.108. The Morgan fingerprint density at radius 3 is 2.43 bits per heavy atom. The normalized spacial score (nSPS) is 17.5. The van der Waals surface area contributed by atoms with E-state index in [1.807, 2.05) is 38.1 Å². The van der Waals surface area contributed by atoms with Crippen LogP contribution in [0.3, 0.4) is 0 Å². The highest BCUT2D eigenvalue weighted by molar-refractivity contribution is 8.00. The van der Waals surface area contributed by atoms with Crippen LogP contribution in [-0.2, 0) is 10.0 Å². The first-order valence-corrected chi connectivity index (χ1v) is 11.7. The Bertz CT molecular complexity index is 956. The maximum atomic E-state index is 13.2. The molecule has 0 aromatic heterocycles. The molecule has 0 aliphatic carbocycles. The number of hydrogen-bond donors (Lipinski definition) is 0. The summed E-state index contributed by atoms with van der Waals surface area (Å²) in [6, 6.07) is 14.0. The molecule has 0 fully saturated rings. The van der Waals surface area contributed by atoms with Crippen LogP contribution in [-0.4, -0.2) is 43.5 Å². The molecule has 1 aliphatic heterocycles. The lowest BCUT2D eigenvalue weighted by Crippen LogP contribution is -2.33. The number of carbonyl (C=O) groups is 1. The third-order valence-corrected chi connectivity index (χ3v) is 8.28. The van der Waals surface area contributed by atoms with Gasteiger partial charge in [-0.25, -0.2) is 8.42 Å². The molecule has 1 heterocycles. The van der Waals surface area contributed by atoms with E-state index < -0.39 is 10.0 Å². The molecule has 7 heteroatoms. The topological polar surface area (TPSA) is 57.7 Å². The van der Waals surface area contributed by atoms with E-state index in [1.165, 1.54) is 16.4 Å². The summed E-state index contributed by atoms with van der Waals surface area (Å²) < 4.78 is 26.6. The number of benzene rings is 2. The van der Waals surface area contributed by atoms with Gasteiger partial charge in [-0.2, -0.15) is 4.31 Å². The van der Waals surface area contributed by atoms with Gasteiger partial charge in [0.2, 0.25) is 10.0 Å². The predicted octanol–water partition coefficient (Wildman–Crippen LogP) is 4.25. The van der Waals surface area contributed by atoms with Gasteiger partial charge < -0.3 is 4.90 Å². The molecule has 5 nitrogen and oxygen atoms in total. The number of fused-ring (bicyclic) bond motifs is 1. The van der Waals surface area contributed by atoms with Crippen LogP contribution in [0, 0.1) is 0 Å². The van der Waals surface area contributed by atoms with Crippen LogP contribution in [0.2, 0.25) is 0 Å². The van der Waals surface area contributed by atoms with Gasteiger partial charge in [-0.15, -0.1) is 11.8 Å². The molecule has 0 saturated heterocycles. The summed E-state index contributed by atoms with van der Waals surface area (Å²) in [5.41, 5.74) is 1.40. The van der Waals surface area contributed by atoms with Crippen LogP contribution in [0.5, 0.6) is 0 Å². The maximum absolute atomic E-state index is 13.2. The molecule has 1 aliphatic rings. The second kappa shape index (κ2) is 8.27. The third kappa shape index (κ3) is 4.11. The molecule has 1 atom stereocenters. The van der Waals surface area contributed by atoms with E-state index in [9.17, 15) is 13.2 Å². The average molecular weight is 419 g/mol. The highest BCUT2D eigenvalue weighted by atomic mass is 32.2. The zero-order valence-electron chi connectivity index (χ0n) is 16.6. The number of amides is 1. The molecule has 1 amide bonds. The molecule has 3 rings (SSSR count). The van der Waals surface area contributed by atoms with E-state index in [0.717, 1.165) is 17.0 Å². The van der Waals surface area contributed by atoms with Crippen molar-refractivity contribution in [3.63, 3.8) is 0 Å². The van der Waals surface area contributed by atoms with Gasteiger partial charge in [-0.3, -0.25) is 4.79 Å². The summed E-state index contributed by atoms with van der Waals surface area (Å²) in [7, 11) is -2.00. The van der Waals surface area contributed by atoms with Crippen molar-refractivity contribution in [3.05, 3.63) is 54.1 Å². The van der Waals surface area contributed by atoms with Crippen LogP contribution < -0.4 is 4.90 Å². The first kappa shape index (κ1) is 20.9. The second-order valence-corrected chi connectivity index (χ2v) is 10.8. The van der Waals surface area contributed by atoms with Crippen LogP contribution in [0.25, 0.3) is 0 Å². The van der Waals surface area contributed by atoms with Gasteiger partial charge in [-0.1, -0.05) is 19.1 Å². The van der Waals surface area contributed by atoms with Gasteiger partial charge in [0.15, 0.2) is 0 Å². The van der Waals surface area contributed by atoms with E-state index in [2.05, 4.69) is 6.92 Å². The molecule has 0 saturated carbocycles. The van der Waals surface area contributed by atoms with Gasteiger partial charge in [-0.05, 0) is 56.7 Å². The fraction of sp³-hybridized carbons (Fsp3) is 0.381. The van der Waals surface area contributed by atoms with Crippen molar-refractivity contribution in [1.82, 2.24) is 4.31 Å². The summed E-state index contributed by atoms with van der Waals surface area (Å²) in [5, 5.41) is 0.429. The Kier molecular flexibility index (Phi) is 6.17. The second-order valence-electron chi connectivity index (χ2n) is 7.28. The number of sulfonamides is 1. The lowest BCUT2D eigenvalue weighted by Gasteiger charge is -2.23. The Morgan fingerprint density at radius 1 is 1.14 bits per heavy atom. The quantitative estimate of drug-likeness (QED) is 0.745. The Morgan fingerprint density at radius 2 is 1.79 bits per heavy atom. The Hall–Kier alpha value is -1.83. The standard InChI is InChI=1S/C21H26N2O3S2/c1-15(2)22(4)28(25,26)18-11-9-17(10-12-18)21(24)23-14-13-16(3)27-20-8-6-5-7-19(20)23/h5-12,15-16H,13-14H2,1-4H3. The van der Waals surface area contributed by atoms with E-state index in [-0.39, 0.29) is 16.8 Å². The molecule has 0 radical (unpaired) electrons. The number of rotatable bonds is 4. The largest absolute Gasteiger partial charge is 0.307 e. The van der Waals surface area contributed by atoms with Crippen molar-refractivity contribution < 1.29 is 13.2 Å². The predicted molar refractivity (Wildman–Crippen MR) is 115 cm³/mol. The Labute approximate surface area is 171 Å². The monoisotopic (exact) mass is 418 g/mol. The van der Waals surface area contributed by atoms with Crippen LogP contribution in [0.4, 0.5) is 5.69 Å². The van der Waals surface area contributed by atoms with Gasteiger partial charge >= 0.3 is 0 Å². The summed E-state index contributed by atoms with van der Waals surface area (Å²) in [6.45, 7) is 6.46. The lowest BCUT2D eigenvalue weighted by atomic mass is 10.1. The highest BCUT2D eigenvalue weighted by Gasteiger charge is 2.26. The van der Waals surface area contributed by atoms with Crippen molar-refractivity contribution in [2.75, 3.05) is 18.5 Å². The van der Waals surface area contributed by atoms with E-state index in [0.29, 0.717) is 17.4 Å². The maximum Gasteiger partial charge on any atom is 0.258 e. The number of thioether (sulfide) groups is 1. The van der Waals surface area contributed by atoms with Crippen molar-refractivity contribution in [2.45, 2.75) is 48.3 Å². The minimum atomic E-state index is -3.56. The van der Waals surface area contributed by atoms with Crippen LogP contribution >= 0.6 is 11.8 Å². The van der Waals surface area contributed by atoms with Crippen molar-refractivity contribution in [3.8, 4) is 0 Å². The fourth-order valence-corrected chi connectivity index (χ4v) is 5.55. The first-order valence-electron chi connectivity index (χ1n) is 9.37. The molecule has 0 bridgehead atoms. The van der Waals surface area contributed by atoms with E-state index in [4.69, 9.17) is 0 Å². The number of anilines is 1. The first-order chi connectivity index (χ1) is 13.2. The van der Waals surface area contributed by atoms with Crippen molar-refractivity contribution >= 4 is 33.4 Å². The zero-order chi connectivity index (χ0) is 20.5. The average Bonchev–Trinajstić information content (AvgIpc) is 2.85. The highest BCUT2D eigenvalue weighted by Crippen LogP contribution is 2.37. The molecular weight excluding hydrogens is 392 g/mol. The molecule has 0 N–H and O–H groups in total. The Balaban J connectivity index is 1.90. The number of carbonyl (C=O) groups excluding carboxylic acids is 1. The molecule has 0 spiro atoms. The molecule has 2 aromatic rings. The van der Waals surface area contributed by atoms with Crippen LogP contribution in [0.15, 0.2) is 58.3 Å².